The molecule has 0 aliphatic rings. The first kappa shape index (κ1) is 22.2. The summed E-state index contributed by atoms with van der Waals surface area (Å²) in [4.78, 5) is 34.1. The van der Waals surface area contributed by atoms with Gasteiger partial charge in [0.25, 0.3) is 11.8 Å². The summed E-state index contributed by atoms with van der Waals surface area (Å²) >= 11 is 0. The monoisotopic (exact) mass is 420 g/mol. The van der Waals surface area contributed by atoms with Gasteiger partial charge in [-0.1, -0.05) is 44.2 Å². The number of carbonyl (C=O) groups is 2. The van der Waals surface area contributed by atoms with Crippen molar-refractivity contribution in [2.75, 3.05) is 6.54 Å². The third kappa shape index (κ3) is 5.17. The van der Waals surface area contributed by atoms with Gasteiger partial charge in [0.05, 0.1) is 11.3 Å². The molecule has 7 nitrogen and oxygen atoms in total. The number of pyridine rings is 1. The molecule has 7 heteroatoms. The highest BCUT2D eigenvalue weighted by molar-refractivity contribution is 6.02. The van der Waals surface area contributed by atoms with Gasteiger partial charge in [-0.2, -0.15) is 0 Å². The summed E-state index contributed by atoms with van der Waals surface area (Å²) in [5, 5.41) is 5.76. The molecule has 0 saturated heterocycles. The summed E-state index contributed by atoms with van der Waals surface area (Å²) in [6, 6.07) is 11.0. The zero-order chi connectivity index (χ0) is 22.5. The quantitative estimate of drug-likeness (QED) is 0.596. The van der Waals surface area contributed by atoms with Crippen LogP contribution in [0, 0.1) is 19.8 Å². The summed E-state index contributed by atoms with van der Waals surface area (Å²) in [5.41, 5.74) is 3.10. The molecule has 0 spiro atoms. The number of aromatic nitrogens is 2. The van der Waals surface area contributed by atoms with Crippen molar-refractivity contribution in [1.29, 1.82) is 0 Å². The zero-order valence-corrected chi connectivity index (χ0v) is 18.5. The third-order valence-electron chi connectivity index (χ3n) is 4.87. The fraction of sp³-hybridized carbons (Fsp3) is 0.333. The van der Waals surface area contributed by atoms with Crippen molar-refractivity contribution < 1.29 is 14.0 Å². The smallest absolute Gasteiger partial charge is 0.273 e. The highest BCUT2D eigenvalue weighted by Gasteiger charge is 2.24. The van der Waals surface area contributed by atoms with Crippen LogP contribution < -0.4 is 10.6 Å². The normalized spacial score (nSPS) is 11.9. The van der Waals surface area contributed by atoms with Crippen molar-refractivity contribution >= 4 is 11.8 Å². The Morgan fingerprint density at radius 3 is 2.42 bits per heavy atom. The highest BCUT2D eigenvalue weighted by Crippen LogP contribution is 2.26. The fourth-order valence-corrected chi connectivity index (χ4v) is 3.24. The van der Waals surface area contributed by atoms with Crippen LogP contribution in [0.1, 0.15) is 65.0 Å². The number of hydrogen-bond acceptors (Lipinski definition) is 5. The molecule has 3 aromatic rings. The van der Waals surface area contributed by atoms with Crippen molar-refractivity contribution in [2.24, 2.45) is 5.92 Å². The van der Waals surface area contributed by atoms with Gasteiger partial charge < -0.3 is 15.1 Å². The van der Waals surface area contributed by atoms with E-state index in [1.54, 1.807) is 27.0 Å². The van der Waals surface area contributed by atoms with Crippen LogP contribution in [0.4, 0.5) is 0 Å². The average Bonchev–Trinajstić information content (AvgIpc) is 3.14. The Kier molecular flexibility index (Phi) is 6.84. The Morgan fingerprint density at radius 1 is 1.03 bits per heavy atom. The van der Waals surface area contributed by atoms with E-state index in [1.165, 1.54) is 0 Å². The summed E-state index contributed by atoms with van der Waals surface area (Å²) < 4.78 is 5.68. The Labute approximate surface area is 182 Å². The lowest BCUT2D eigenvalue weighted by Crippen LogP contribution is -2.29. The van der Waals surface area contributed by atoms with Crippen molar-refractivity contribution in [2.45, 2.75) is 40.7 Å². The molecule has 1 atom stereocenters. The predicted molar refractivity (Wildman–Crippen MR) is 119 cm³/mol. The molecule has 0 unspecified atom stereocenters. The first-order chi connectivity index (χ1) is 14.8. The average molecular weight is 421 g/mol. The molecule has 0 saturated carbocycles. The topological polar surface area (TPSA) is 97.1 Å². The van der Waals surface area contributed by atoms with Gasteiger partial charge in [-0.05, 0) is 43.9 Å². The van der Waals surface area contributed by atoms with Crippen molar-refractivity contribution in [3.8, 4) is 11.1 Å². The van der Waals surface area contributed by atoms with Gasteiger partial charge in [-0.25, -0.2) is 4.98 Å². The molecule has 2 amide bonds. The third-order valence-corrected chi connectivity index (χ3v) is 4.87. The van der Waals surface area contributed by atoms with E-state index in [0.717, 1.165) is 11.1 Å². The van der Waals surface area contributed by atoms with Crippen LogP contribution in [-0.4, -0.2) is 28.3 Å². The Bertz CT molecular complexity index is 1070. The molecular formula is C24H28N4O3. The van der Waals surface area contributed by atoms with E-state index in [2.05, 4.69) is 20.6 Å². The Hall–Kier alpha value is -3.48. The summed E-state index contributed by atoms with van der Waals surface area (Å²) in [7, 11) is 0. The molecule has 2 aromatic heterocycles. The van der Waals surface area contributed by atoms with Crippen LogP contribution >= 0.6 is 0 Å². The molecule has 0 aliphatic carbocycles. The first-order valence-corrected chi connectivity index (χ1v) is 10.3. The molecule has 2 N–H and O–H groups in total. The number of nitrogens with one attached hydrogen (secondary N) is 2. The SMILES string of the molecule is Cc1nccc(-c2ccccc2)c1C(=O)N[C@H](C)c1nc(C(=O)NCC(C)C)c(C)o1. The van der Waals surface area contributed by atoms with Crippen molar-refractivity contribution in [3.63, 3.8) is 0 Å². The second kappa shape index (κ2) is 9.55. The summed E-state index contributed by atoms with van der Waals surface area (Å²) in [5.74, 6) is 0.464. The Balaban J connectivity index is 1.81. The molecule has 0 radical (unpaired) electrons. The van der Waals surface area contributed by atoms with Crippen LogP contribution in [0.2, 0.25) is 0 Å². The van der Waals surface area contributed by atoms with E-state index in [9.17, 15) is 9.59 Å². The maximum Gasteiger partial charge on any atom is 0.273 e. The second-order valence-corrected chi connectivity index (χ2v) is 7.94. The number of amides is 2. The number of benzene rings is 1. The van der Waals surface area contributed by atoms with Crippen LogP contribution in [0.15, 0.2) is 47.0 Å². The van der Waals surface area contributed by atoms with Crippen LogP contribution in [-0.2, 0) is 0 Å². The number of aryl methyl sites for hydroxylation is 2. The molecule has 0 fully saturated rings. The minimum atomic E-state index is -0.527. The lowest BCUT2D eigenvalue weighted by molar-refractivity contribution is 0.0930. The molecule has 0 aliphatic heterocycles. The molecule has 3 rings (SSSR count). The maximum atomic E-state index is 13.1. The van der Waals surface area contributed by atoms with Gasteiger partial charge in [0.1, 0.15) is 11.8 Å². The van der Waals surface area contributed by atoms with Gasteiger partial charge in [-0.15, -0.1) is 0 Å². The minimum absolute atomic E-state index is 0.235. The standard InChI is InChI=1S/C24H28N4O3/c1-14(2)13-26-23(30)21-17(5)31-24(28-21)16(4)27-22(29)20-15(3)25-12-11-19(20)18-9-7-6-8-10-18/h6-12,14,16H,13H2,1-5H3,(H,26,30)(H,27,29)/t16-/m1/s1. The van der Waals surface area contributed by atoms with Gasteiger partial charge in [-0.3, -0.25) is 14.6 Å². The zero-order valence-electron chi connectivity index (χ0n) is 18.5. The summed E-state index contributed by atoms with van der Waals surface area (Å²) in [6.07, 6.45) is 1.69. The molecule has 0 bridgehead atoms. The first-order valence-electron chi connectivity index (χ1n) is 10.3. The van der Waals surface area contributed by atoms with Gasteiger partial charge in [0, 0.05) is 12.7 Å². The molecular weight excluding hydrogens is 392 g/mol. The predicted octanol–water partition coefficient (Wildman–Crippen LogP) is 4.23. The van der Waals surface area contributed by atoms with Gasteiger partial charge in [0.15, 0.2) is 5.69 Å². The number of oxazole rings is 1. The maximum absolute atomic E-state index is 13.1. The number of rotatable bonds is 7. The number of hydrogen-bond donors (Lipinski definition) is 2. The van der Waals surface area contributed by atoms with Crippen LogP contribution in [0.3, 0.4) is 0 Å². The molecule has 2 heterocycles. The molecule has 31 heavy (non-hydrogen) atoms. The van der Waals surface area contributed by atoms with E-state index < -0.39 is 6.04 Å². The van der Waals surface area contributed by atoms with Crippen LogP contribution in [0.5, 0.6) is 0 Å². The van der Waals surface area contributed by atoms with E-state index in [4.69, 9.17) is 4.42 Å². The van der Waals surface area contributed by atoms with E-state index in [0.29, 0.717) is 29.5 Å². The lowest BCUT2D eigenvalue weighted by Gasteiger charge is -2.15. The van der Waals surface area contributed by atoms with Crippen LogP contribution in [0.25, 0.3) is 11.1 Å². The van der Waals surface area contributed by atoms with E-state index >= 15 is 0 Å². The Morgan fingerprint density at radius 2 is 1.74 bits per heavy atom. The fourth-order valence-electron chi connectivity index (χ4n) is 3.24. The molecule has 162 valence electrons. The molecule has 1 aromatic carbocycles. The van der Waals surface area contributed by atoms with E-state index in [-0.39, 0.29) is 23.4 Å². The van der Waals surface area contributed by atoms with Crippen molar-refractivity contribution in [1.82, 2.24) is 20.6 Å². The van der Waals surface area contributed by atoms with E-state index in [1.807, 2.05) is 50.2 Å². The van der Waals surface area contributed by atoms with Crippen molar-refractivity contribution in [3.05, 3.63) is 71.2 Å². The minimum Gasteiger partial charge on any atom is -0.443 e. The number of carbonyl (C=O) groups excluding carboxylic acids is 2. The van der Waals surface area contributed by atoms with Gasteiger partial charge in [0.2, 0.25) is 5.89 Å². The van der Waals surface area contributed by atoms with Gasteiger partial charge >= 0.3 is 0 Å². The lowest BCUT2D eigenvalue weighted by atomic mass is 9.98. The highest BCUT2D eigenvalue weighted by atomic mass is 16.4. The number of nitrogens with zero attached hydrogens (tertiary/aromatic N) is 2. The largest absolute Gasteiger partial charge is 0.443 e. The summed E-state index contributed by atoms with van der Waals surface area (Å²) in [6.45, 7) is 9.85. The second-order valence-electron chi connectivity index (χ2n) is 7.94.